The zero-order valence-electron chi connectivity index (χ0n) is 23.0. The topological polar surface area (TPSA) is 95.9 Å². The van der Waals surface area contributed by atoms with Gasteiger partial charge in [0.15, 0.2) is 0 Å². The predicted molar refractivity (Wildman–Crippen MR) is 146 cm³/mol. The molecule has 208 valence electrons. The Bertz CT molecular complexity index is 656. The van der Waals surface area contributed by atoms with Gasteiger partial charge >= 0.3 is 6.09 Å². The van der Waals surface area contributed by atoms with Crippen LogP contribution in [0.15, 0.2) is 12.0 Å². The van der Waals surface area contributed by atoms with Crippen LogP contribution in [0.25, 0.3) is 0 Å². The summed E-state index contributed by atoms with van der Waals surface area (Å²) in [7, 11) is -0.482. The van der Waals surface area contributed by atoms with Gasteiger partial charge in [0.1, 0.15) is 0 Å². The Balaban J connectivity index is 4.18. The third-order valence-electron chi connectivity index (χ3n) is 7.02. The first-order chi connectivity index (χ1) is 16.6. The molecular weight excluding hydrogens is 464 g/mol. The van der Waals surface area contributed by atoms with E-state index in [1.54, 1.807) is 14.0 Å². The molecule has 2 unspecified atom stereocenters. The number of rotatable bonds is 24. The standard InChI is InChI=1S/C27H54N2O5S/c1-6-8-9-10-11-12-13-14-15-16-17-18-19-20-21-22-25(29(4)26(30)31)23-27(3,34-5)24-28-35(32,33)7-2/h7,25,28H,2,6,8-24H2,1,3-5H3,(H,30,31). The molecule has 0 rings (SSSR count). The molecule has 0 saturated carbocycles. The van der Waals surface area contributed by atoms with E-state index in [4.69, 9.17) is 4.74 Å². The molecule has 35 heavy (non-hydrogen) atoms. The molecule has 7 nitrogen and oxygen atoms in total. The largest absolute Gasteiger partial charge is 0.465 e. The lowest BCUT2D eigenvalue weighted by Crippen LogP contribution is -2.48. The fraction of sp³-hybridized carbons (Fsp3) is 0.889. The van der Waals surface area contributed by atoms with Crippen LogP contribution >= 0.6 is 0 Å². The Morgan fingerprint density at radius 3 is 1.77 bits per heavy atom. The van der Waals surface area contributed by atoms with Gasteiger partial charge in [-0.15, -0.1) is 0 Å². The molecule has 0 fully saturated rings. The van der Waals surface area contributed by atoms with E-state index >= 15 is 0 Å². The third-order valence-corrected chi connectivity index (χ3v) is 8.00. The van der Waals surface area contributed by atoms with Gasteiger partial charge in [-0.25, -0.2) is 17.9 Å². The van der Waals surface area contributed by atoms with Gasteiger partial charge in [-0.2, -0.15) is 0 Å². The zero-order valence-corrected chi connectivity index (χ0v) is 23.8. The minimum Gasteiger partial charge on any atom is -0.465 e. The molecule has 0 radical (unpaired) electrons. The summed E-state index contributed by atoms with van der Waals surface area (Å²) in [5, 5.41) is 10.4. The van der Waals surface area contributed by atoms with E-state index in [-0.39, 0.29) is 12.6 Å². The van der Waals surface area contributed by atoms with Crippen LogP contribution in [0.5, 0.6) is 0 Å². The first kappa shape index (κ1) is 33.9. The molecule has 2 N–H and O–H groups in total. The molecule has 1 amide bonds. The lowest BCUT2D eigenvalue weighted by atomic mass is 9.92. The molecule has 0 aromatic rings. The van der Waals surface area contributed by atoms with Crippen LogP contribution in [0.3, 0.4) is 0 Å². The summed E-state index contributed by atoms with van der Waals surface area (Å²) in [6, 6.07) is -0.243. The normalized spacial score (nSPS) is 14.4. The molecule has 0 aliphatic carbocycles. The fourth-order valence-corrected chi connectivity index (χ4v) is 5.00. The molecule has 0 aliphatic rings. The van der Waals surface area contributed by atoms with E-state index in [1.807, 2.05) is 0 Å². The van der Waals surface area contributed by atoms with Crippen LogP contribution in [0.4, 0.5) is 4.79 Å². The van der Waals surface area contributed by atoms with Crippen LogP contribution in [0.2, 0.25) is 0 Å². The highest BCUT2D eigenvalue weighted by Gasteiger charge is 2.32. The summed E-state index contributed by atoms with van der Waals surface area (Å²) in [5.74, 6) is 0. The van der Waals surface area contributed by atoms with E-state index in [0.717, 1.165) is 24.7 Å². The van der Waals surface area contributed by atoms with Crippen molar-refractivity contribution in [3.63, 3.8) is 0 Å². The van der Waals surface area contributed by atoms with Gasteiger partial charge in [0.25, 0.3) is 0 Å². The van der Waals surface area contributed by atoms with Crippen LogP contribution in [-0.2, 0) is 14.8 Å². The summed E-state index contributed by atoms with van der Waals surface area (Å²) < 4.78 is 31.5. The maximum atomic E-state index is 11.7. The van der Waals surface area contributed by atoms with E-state index < -0.39 is 21.7 Å². The lowest BCUT2D eigenvalue weighted by molar-refractivity contribution is -0.0155. The Kier molecular flexibility index (Phi) is 19.4. The van der Waals surface area contributed by atoms with Crippen LogP contribution in [-0.4, -0.2) is 56.9 Å². The number of ether oxygens (including phenoxy) is 1. The highest BCUT2D eigenvalue weighted by Crippen LogP contribution is 2.24. The van der Waals surface area contributed by atoms with Crippen LogP contribution in [0, 0.1) is 0 Å². The maximum absolute atomic E-state index is 11.7. The quantitative estimate of drug-likeness (QED) is 0.133. The zero-order chi connectivity index (χ0) is 26.6. The second kappa shape index (κ2) is 20.0. The molecule has 0 bridgehead atoms. The second-order valence-electron chi connectivity index (χ2n) is 10.2. The molecule has 0 saturated heterocycles. The average Bonchev–Trinajstić information content (AvgIpc) is 2.84. The van der Waals surface area contributed by atoms with Gasteiger partial charge in [0, 0.05) is 32.2 Å². The summed E-state index contributed by atoms with van der Waals surface area (Å²) in [4.78, 5) is 12.9. The predicted octanol–water partition coefficient (Wildman–Crippen LogP) is 7.08. The number of methoxy groups -OCH3 is 1. The SMILES string of the molecule is C=CS(=O)(=O)NCC(C)(CC(CCCCCCCCCCCCCCCCC)N(C)C(=O)O)OC. The van der Waals surface area contributed by atoms with E-state index in [1.165, 1.54) is 95.5 Å². The number of carbonyl (C=O) groups is 1. The average molecular weight is 519 g/mol. The molecule has 2 atom stereocenters. The van der Waals surface area contributed by atoms with Gasteiger partial charge in [0.05, 0.1) is 5.60 Å². The number of amides is 1. The lowest BCUT2D eigenvalue weighted by Gasteiger charge is -2.35. The van der Waals surface area contributed by atoms with E-state index in [9.17, 15) is 18.3 Å². The second-order valence-corrected chi connectivity index (χ2v) is 11.9. The molecule has 0 aliphatic heterocycles. The summed E-state index contributed by atoms with van der Waals surface area (Å²) in [6.07, 6.45) is 19.5. The third kappa shape index (κ3) is 17.9. The van der Waals surface area contributed by atoms with Crippen molar-refractivity contribution >= 4 is 16.1 Å². The number of nitrogens with one attached hydrogen (secondary N) is 1. The fourth-order valence-electron chi connectivity index (χ4n) is 4.38. The molecule has 0 aromatic heterocycles. The minimum atomic E-state index is -3.57. The van der Waals surface area contributed by atoms with Crippen LogP contribution in [0.1, 0.15) is 123 Å². The number of carboxylic acid groups (broad SMARTS) is 1. The smallest absolute Gasteiger partial charge is 0.407 e. The van der Waals surface area contributed by atoms with Crippen molar-refractivity contribution in [2.45, 2.75) is 135 Å². The Hall–Kier alpha value is -1.12. The number of hydrogen-bond acceptors (Lipinski definition) is 4. The Morgan fingerprint density at radius 2 is 1.40 bits per heavy atom. The van der Waals surface area contributed by atoms with E-state index in [2.05, 4.69) is 18.2 Å². The van der Waals surface area contributed by atoms with Crippen molar-refractivity contribution in [3.8, 4) is 0 Å². The van der Waals surface area contributed by atoms with Crippen LogP contribution < -0.4 is 4.72 Å². The van der Waals surface area contributed by atoms with Crippen molar-refractivity contribution in [2.24, 2.45) is 0 Å². The Morgan fingerprint density at radius 1 is 0.971 bits per heavy atom. The summed E-state index contributed by atoms with van der Waals surface area (Å²) in [5.41, 5.74) is -0.819. The van der Waals surface area contributed by atoms with Gasteiger partial charge < -0.3 is 14.7 Å². The molecule has 0 aromatic carbocycles. The monoisotopic (exact) mass is 518 g/mol. The van der Waals surface area contributed by atoms with Gasteiger partial charge in [-0.1, -0.05) is 110 Å². The summed E-state index contributed by atoms with van der Waals surface area (Å²) >= 11 is 0. The first-order valence-corrected chi connectivity index (χ1v) is 15.3. The van der Waals surface area contributed by atoms with Crippen molar-refractivity contribution in [1.29, 1.82) is 0 Å². The van der Waals surface area contributed by atoms with Crippen molar-refractivity contribution in [3.05, 3.63) is 12.0 Å². The molecule has 8 heteroatoms. The molecular formula is C27H54N2O5S. The summed E-state index contributed by atoms with van der Waals surface area (Å²) in [6.45, 7) is 7.41. The van der Waals surface area contributed by atoms with E-state index in [0.29, 0.717) is 6.42 Å². The first-order valence-electron chi connectivity index (χ1n) is 13.7. The highest BCUT2D eigenvalue weighted by molar-refractivity contribution is 7.92. The number of nitrogens with zero attached hydrogens (tertiary/aromatic N) is 1. The van der Waals surface area contributed by atoms with Gasteiger partial charge in [0.2, 0.25) is 10.0 Å². The van der Waals surface area contributed by atoms with Crippen molar-refractivity contribution in [1.82, 2.24) is 9.62 Å². The highest BCUT2D eigenvalue weighted by atomic mass is 32.2. The maximum Gasteiger partial charge on any atom is 0.407 e. The number of sulfonamides is 1. The number of hydrogen-bond donors (Lipinski definition) is 2. The van der Waals surface area contributed by atoms with Gasteiger partial charge in [-0.3, -0.25) is 0 Å². The number of unbranched alkanes of at least 4 members (excludes halogenated alkanes) is 14. The molecule has 0 spiro atoms. The van der Waals surface area contributed by atoms with Gasteiger partial charge in [-0.05, 0) is 19.8 Å². The molecule has 0 heterocycles. The van der Waals surface area contributed by atoms with Crippen molar-refractivity contribution < 1.29 is 23.1 Å². The van der Waals surface area contributed by atoms with Crippen molar-refractivity contribution in [2.75, 3.05) is 20.7 Å². The Labute approximate surface area is 216 Å². The minimum absolute atomic E-state index is 0.0562.